The average molecular weight is 570 g/mol. The molecule has 0 radical (unpaired) electrons. The van der Waals surface area contributed by atoms with Crippen LogP contribution in [0.2, 0.25) is 0 Å². The van der Waals surface area contributed by atoms with Crippen molar-refractivity contribution in [1.29, 1.82) is 0 Å². The molecule has 1 aliphatic rings. The van der Waals surface area contributed by atoms with Crippen molar-refractivity contribution in [1.82, 2.24) is 4.57 Å². The second-order valence-electron chi connectivity index (χ2n) is 11.5. The van der Waals surface area contributed by atoms with Gasteiger partial charge in [0.25, 0.3) is 0 Å². The lowest BCUT2D eigenvalue weighted by Crippen LogP contribution is -2.13. The molecule has 7 rings (SSSR count). The van der Waals surface area contributed by atoms with E-state index < -0.39 is 0 Å². The molecular formula is C41H35N3. The van der Waals surface area contributed by atoms with Crippen molar-refractivity contribution in [3.63, 3.8) is 0 Å². The molecule has 1 unspecified atom stereocenters. The fourth-order valence-corrected chi connectivity index (χ4v) is 6.22. The maximum Gasteiger partial charge on any atom is 0.131 e. The van der Waals surface area contributed by atoms with Gasteiger partial charge in [0.2, 0.25) is 0 Å². The highest BCUT2D eigenvalue weighted by atomic mass is 15.0. The summed E-state index contributed by atoms with van der Waals surface area (Å²) >= 11 is 0. The van der Waals surface area contributed by atoms with Gasteiger partial charge in [-0.3, -0.25) is 0 Å². The number of nitrogens with two attached hydrogens (primary N) is 1. The van der Waals surface area contributed by atoms with Gasteiger partial charge in [0.1, 0.15) is 5.84 Å². The number of allylic oxidation sites excluding steroid dienone is 2. The van der Waals surface area contributed by atoms with Crippen LogP contribution in [0.3, 0.4) is 0 Å². The predicted octanol–water partition coefficient (Wildman–Crippen LogP) is 9.81. The van der Waals surface area contributed by atoms with E-state index in [2.05, 4.69) is 115 Å². The summed E-state index contributed by atoms with van der Waals surface area (Å²) in [5.41, 5.74) is 18.1. The molecule has 0 bridgehead atoms. The van der Waals surface area contributed by atoms with Crippen molar-refractivity contribution in [2.45, 2.75) is 25.7 Å². The van der Waals surface area contributed by atoms with Crippen LogP contribution in [-0.2, 0) is 6.42 Å². The van der Waals surface area contributed by atoms with Crippen molar-refractivity contribution < 1.29 is 0 Å². The molecule has 214 valence electrons. The van der Waals surface area contributed by atoms with Gasteiger partial charge >= 0.3 is 0 Å². The summed E-state index contributed by atoms with van der Waals surface area (Å²) in [6, 6.07) is 46.7. The van der Waals surface area contributed by atoms with Gasteiger partial charge in [0, 0.05) is 33.8 Å². The Kier molecular flexibility index (Phi) is 7.52. The van der Waals surface area contributed by atoms with E-state index in [1.165, 1.54) is 44.5 Å². The molecule has 1 aliphatic carbocycles. The molecule has 3 heteroatoms. The first-order chi connectivity index (χ1) is 21.7. The molecule has 0 spiro atoms. The molecule has 3 nitrogen and oxygen atoms in total. The SMILES string of the molecule is CC1CC=Cc2c1n(-c1ccc(-c3ccc(C/C=C(\N=C(N)c4ccccc4)c4ccccc4)cc3)cc1)c1ccccc21. The van der Waals surface area contributed by atoms with Crippen molar-refractivity contribution >= 4 is 28.5 Å². The molecule has 1 aromatic heterocycles. The number of rotatable bonds is 7. The van der Waals surface area contributed by atoms with Crippen LogP contribution >= 0.6 is 0 Å². The summed E-state index contributed by atoms with van der Waals surface area (Å²) in [5, 5.41) is 1.32. The maximum absolute atomic E-state index is 6.40. The zero-order chi connectivity index (χ0) is 29.9. The van der Waals surface area contributed by atoms with E-state index in [1.807, 2.05) is 48.5 Å². The Labute approximate surface area is 259 Å². The van der Waals surface area contributed by atoms with Crippen molar-refractivity contribution in [2.75, 3.05) is 0 Å². The highest BCUT2D eigenvalue weighted by molar-refractivity contribution is 6.00. The van der Waals surface area contributed by atoms with E-state index in [-0.39, 0.29) is 0 Å². The Hall–Kier alpha value is -5.41. The molecule has 0 fully saturated rings. The summed E-state index contributed by atoms with van der Waals surface area (Å²) in [6.45, 7) is 2.33. The minimum atomic E-state index is 0.478. The number of aromatic nitrogens is 1. The molecule has 44 heavy (non-hydrogen) atoms. The molecular weight excluding hydrogens is 534 g/mol. The lowest BCUT2D eigenvalue weighted by atomic mass is 9.93. The van der Waals surface area contributed by atoms with Crippen molar-refractivity contribution in [3.05, 3.63) is 174 Å². The van der Waals surface area contributed by atoms with Gasteiger partial charge in [-0.25, -0.2) is 4.99 Å². The third kappa shape index (κ3) is 5.41. The number of hydrogen-bond acceptors (Lipinski definition) is 1. The number of fused-ring (bicyclic) bond motifs is 3. The van der Waals surface area contributed by atoms with E-state index in [0.29, 0.717) is 11.8 Å². The van der Waals surface area contributed by atoms with Crippen molar-refractivity contribution in [2.24, 2.45) is 10.7 Å². The number of para-hydroxylation sites is 1. The standard InChI is InChI=1S/C41H35N3/c1-29-11-10-17-37-36-16-8-9-18-39(36)44(40(29)37)35-26-24-32(25-27-35)31-22-19-30(20-23-31)21-28-38(33-12-4-2-5-13-33)43-41(42)34-14-6-3-7-15-34/h2-10,12-20,22-29H,11,21H2,1H3,(H2,42,43)/b38-28-. The normalized spacial score (nSPS) is 15.0. The molecule has 6 aromatic rings. The first-order valence-corrected chi connectivity index (χ1v) is 15.3. The van der Waals surface area contributed by atoms with Gasteiger partial charge in [-0.05, 0) is 53.3 Å². The largest absolute Gasteiger partial charge is 0.383 e. The first kappa shape index (κ1) is 27.4. The van der Waals surface area contributed by atoms with E-state index in [0.717, 1.165) is 29.7 Å². The lowest BCUT2D eigenvalue weighted by molar-refractivity contribution is 0.723. The average Bonchev–Trinajstić information content (AvgIpc) is 3.43. The second kappa shape index (κ2) is 12.1. The van der Waals surface area contributed by atoms with Crippen LogP contribution in [0.5, 0.6) is 0 Å². The van der Waals surface area contributed by atoms with Gasteiger partial charge < -0.3 is 10.3 Å². The monoisotopic (exact) mass is 569 g/mol. The number of hydrogen-bond donors (Lipinski definition) is 1. The zero-order valence-electron chi connectivity index (χ0n) is 24.9. The Morgan fingerprint density at radius 3 is 2.07 bits per heavy atom. The predicted molar refractivity (Wildman–Crippen MR) is 186 cm³/mol. The summed E-state index contributed by atoms with van der Waals surface area (Å²) in [5.74, 6) is 0.991. The highest BCUT2D eigenvalue weighted by Crippen LogP contribution is 2.39. The third-order valence-electron chi connectivity index (χ3n) is 8.52. The summed E-state index contributed by atoms with van der Waals surface area (Å²) in [4.78, 5) is 4.83. The second-order valence-corrected chi connectivity index (χ2v) is 11.5. The van der Waals surface area contributed by atoms with Crippen LogP contribution < -0.4 is 5.73 Å². The summed E-state index contributed by atoms with van der Waals surface area (Å²) in [7, 11) is 0. The topological polar surface area (TPSA) is 43.3 Å². The Morgan fingerprint density at radius 1 is 0.750 bits per heavy atom. The molecule has 0 saturated carbocycles. The van der Waals surface area contributed by atoms with Crippen LogP contribution in [0.4, 0.5) is 0 Å². The number of aliphatic imine (C=N–C) groups is 1. The molecule has 0 amide bonds. The number of benzene rings is 5. The van der Waals surface area contributed by atoms with E-state index in [9.17, 15) is 0 Å². The first-order valence-electron chi connectivity index (χ1n) is 15.3. The molecule has 2 N–H and O–H groups in total. The summed E-state index contributed by atoms with van der Waals surface area (Å²) < 4.78 is 2.45. The van der Waals surface area contributed by atoms with E-state index >= 15 is 0 Å². The molecule has 1 atom stereocenters. The zero-order valence-corrected chi connectivity index (χ0v) is 24.9. The molecule has 0 aliphatic heterocycles. The van der Waals surface area contributed by atoms with E-state index in [4.69, 9.17) is 10.7 Å². The van der Waals surface area contributed by atoms with Crippen LogP contribution in [0.25, 0.3) is 39.5 Å². The Balaban J connectivity index is 1.14. The number of amidine groups is 1. The maximum atomic E-state index is 6.40. The highest BCUT2D eigenvalue weighted by Gasteiger charge is 2.23. The fraction of sp³-hybridized carbons (Fsp3) is 0.0976. The molecule has 5 aromatic carbocycles. The van der Waals surface area contributed by atoms with Crippen LogP contribution in [-0.4, -0.2) is 10.4 Å². The van der Waals surface area contributed by atoms with Crippen molar-refractivity contribution in [3.8, 4) is 16.8 Å². The molecule has 0 saturated heterocycles. The van der Waals surface area contributed by atoms with Crippen LogP contribution in [0.1, 0.15) is 47.2 Å². The van der Waals surface area contributed by atoms with Crippen LogP contribution in [0, 0.1) is 0 Å². The minimum absolute atomic E-state index is 0.478. The van der Waals surface area contributed by atoms with Gasteiger partial charge in [-0.1, -0.05) is 140 Å². The van der Waals surface area contributed by atoms with Gasteiger partial charge in [0.15, 0.2) is 0 Å². The van der Waals surface area contributed by atoms with E-state index in [1.54, 1.807) is 0 Å². The summed E-state index contributed by atoms with van der Waals surface area (Å²) in [6.07, 6.45) is 8.60. The van der Waals surface area contributed by atoms with Gasteiger partial charge in [-0.15, -0.1) is 0 Å². The minimum Gasteiger partial charge on any atom is -0.383 e. The smallest absolute Gasteiger partial charge is 0.131 e. The Bertz CT molecular complexity index is 1990. The Morgan fingerprint density at radius 2 is 1.36 bits per heavy atom. The van der Waals surface area contributed by atoms with Gasteiger partial charge in [0.05, 0.1) is 11.2 Å². The quantitative estimate of drug-likeness (QED) is 0.151. The molecule has 1 heterocycles. The lowest BCUT2D eigenvalue weighted by Gasteiger charge is -2.19. The number of nitrogens with zero attached hydrogens (tertiary/aromatic N) is 2. The fourth-order valence-electron chi connectivity index (χ4n) is 6.22. The third-order valence-corrected chi connectivity index (χ3v) is 8.52. The van der Waals surface area contributed by atoms with Crippen LogP contribution in [0.15, 0.2) is 151 Å². The van der Waals surface area contributed by atoms with Gasteiger partial charge in [-0.2, -0.15) is 0 Å².